The Balaban J connectivity index is 2.61. The zero-order chi connectivity index (χ0) is 11.3. The maximum Gasteiger partial charge on any atom is 0.146 e. The van der Waals surface area contributed by atoms with Gasteiger partial charge in [-0.25, -0.2) is 4.98 Å². The van der Waals surface area contributed by atoms with Crippen molar-refractivity contribution >= 4 is 5.82 Å². The van der Waals surface area contributed by atoms with Crippen LogP contribution in [0.1, 0.15) is 26.0 Å². The molecule has 0 saturated heterocycles. The summed E-state index contributed by atoms with van der Waals surface area (Å²) in [5, 5.41) is 8.83. The molecule has 1 N–H and O–H groups in total. The number of aliphatic hydroxyl groups is 1. The van der Waals surface area contributed by atoms with Gasteiger partial charge in [0.2, 0.25) is 0 Å². The Bertz CT molecular complexity index is 286. The number of hydrogen-bond acceptors (Lipinski definition) is 4. The van der Waals surface area contributed by atoms with E-state index < -0.39 is 0 Å². The highest BCUT2D eigenvalue weighted by Crippen LogP contribution is 2.10. The Morgan fingerprint density at radius 2 is 2.13 bits per heavy atom. The summed E-state index contributed by atoms with van der Waals surface area (Å²) in [6, 6.07) is 0. The van der Waals surface area contributed by atoms with Crippen LogP contribution in [0.25, 0.3) is 0 Å². The molecule has 0 saturated carbocycles. The van der Waals surface area contributed by atoms with Gasteiger partial charge < -0.3 is 10.0 Å². The first kappa shape index (κ1) is 11.9. The molecule has 0 fully saturated rings. The van der Waals surface area contributed by atoms with Crippen LogP contribution in [0, 0.1) is 5.92 Å². The van der Waals surface area contributed by atoms with Crippen LogP contribution in [-0.2, 0) is 6.61 Å². The van der Waals surface area contributed by atoms with Gasteiger partial charge in [-0.3, -0.25) is 4.98 Å². The maximum atomic E-state index is 8.83. The SMILES string of the molecule is CCC(C)CN(C)c1cnc(CO)cn1. The molecular formula is C11H19N3O. The summed E-state index contributed by atoms with van der Waals surface area (Å²) in [5.74, 6) is 1.50. The van der Waals surface area contributed by atoms with E-state index in [1.54, 1.807) is 12.4 Å². The summed E-state index contributed by atoms with van der Waals surface area (Å²) < 4.78 is 0. The molecule has 4 nitrogen and oxygen atoms in total. The summed E-state index contributed by atoms with van der Waals surface area (Å²) in [6.45, 7) is 5.32. The largest absolute Gasteiger partial charge is 0.390 e. The zero-order valence-corrected chi connectivity index (χ0v) is 9.64. The zero-order valence-electron chi connectivity index (χ0n) is 9.64. The molecule has 4 heteroatoms. The van der Waals surface area contributed by atoms with Crippen LogP contribution in [0.3, 0.4) is 0 Å². The molecular weight excluding hydrogens is 190 g/mol. The maximum absolute atomic E-state index is 8.83. The number of anilines is 1. The second kappa shape index (κ2) is 5.66. The quantitative estimate of drug-likeness (QED) is 0.797. The topological polar surface area (TPSA) is 49.2 Å². The molecule has 1 rings (SSSR count). The van der Waals surface area contributed by atoms with Gasteiger partial charge >= 0.3 is 0 Å². The van der Waals surface area contributed by atoms with Crippen LogP contribution < -0.4 is 4.90 Å². The van der Waals surface area contributed by atoms with E-state index in [4.69, 9.17) is 5.11 Å². The third-order valence-corrected chi connectivity index (χ3v) is 2.53. The van der Waals surface area contributed by atoms with Crippen molar-refractivity contribution in [1.82, 2.24) is 9.97 Å². The second-order valence-corrected chi connectivity index (χ2v) is 3.92. The highest BCUT2D eigenvalue weighted by Gasteiger charge is 2.06. The minimum atomic E-state index is -0.0532. The highest BCUT2D eigenvalue weighted by atomic mass is 16.3. The standard InChI is InChI=1S/C11H19N3O/c1-4-9(2)7-14(3)11-6-12-10(8-15)5-13-11/h5-6,9,15H,4,7-8H2,1-3H3. The van der Waals surface area contributed by atoms with Gasteiger partial charge in [0.25, 0.3) is 0 Å². The lowest BCUT2D eigenvalue weighted by Gasteiger charge is -2.21. The molecule has 1 atom stereocenters. The fraction of sp³-hybridized carbons (Fsp3) is 0.636. The number of rotatable bonds is 5. The van der Waals surface area contributed by atoms with Crippen LogP contribution in [-0.4, -0.2) is 28.7 Å². The third-order valence-electron chi connectivity index (χ3n) is 2.53. The fourth-order valence-electron chi connectivity index (χ4n) is 1.32. The van der Waals surface area contributed by atoms with E-state index in [1.807, 2.05) is 7.05 Å². The Morgan fingerprint density at radius 3 is 2.60 bits per heavy atom. The second-order valence-electron chi connectivity index (χ2n) is 3.92. The molecule has 1 heterocycles. The van der Waals surface area contributed by atoms with Crippen molar-refractivity contribution in [2.45, 2.75) is 26.9 Å². The van der Waals surface area contributed by atoms with Crippen molar-refractivity contribution < 1.29 is 5.11 Å². The Labute approximate surface area is 91.0 Å². The van der Waals surface area contributed by atoms with Gasteiger partial charge in [-0.1, -0.05) is 20.3 Å². The van der Waals surface area contributed by atoms with Crippen molar-refractivity contribution in [2.75, 3.05) is 18.5 Å². The highest BCUT2D eigenvalue weighted by molar-refractivity contribution is 5.34. The molecule has 1 aromatic rings. The molecule has 0 amide bonds. The monoisotopic (exact) mass is 209 g/mol. The lowest BCUT2D eigenvalue weighted by Crippen LogP contribution is -2.24. The fourth-order valence-corrected chi connectivity index (χ4v) is 1.32. The van der Waals surface area contributed by atoms with Gasteiger partial charge in [0.05, 0.1) is 24.7 Å². The van der Waals surface area contributed by atoms with E-state index in [0.717, 1.165) is 18.8 Å². The first-order chi connectivity index (χ1) is 7.17. The minimum absolute atomic E-state index is 0.0532. The molecule has 84 valence electrons. The summed E-state index contributed by atoms with van der Waals surface area (Å²) >= 11 is 0. The van der Waals surface area contributed by atoms with E-state index >= 15 is 0 Å². The van der Waals surface area contributed by atoms with Crippen molar-refractivity contribution in [1.29, 1.82) is 0 Å². The number of aromatic nitrogens is 2. The number of aliphatic hydroxyl groups excluding tert-OH is 1. The van der Waals surface area contributed by atoms with Gasteiger partial charge in [0, 0.05) is 13.6 Å². The molecule has 1 aromatic heterocycles. The number of hydrogen-bond donors (Lipinski definition) is 1. The molecule has 0 spiro atoms. The van der Waals surface area contributed by atoms with Gasteiger partial charge in [-0.05, 0) is 5.92 Å². The Morgan fingerprint density at radius 1 is 1.40 bits per heavy atom. The predicted octanol–water partition coefficient (Wildman–Crippen LogP) is 1.45. The smallest absolute Gasteiger partial charge is 0.146 e. The lowest BCUT2D eigenvalue weighted by atomic mass is 10.1. The van der Waals surface area contributed by atoms with Crippen LogP contribution in [0.4, 0.5) is 5.82 Å². The van der Waals surface area contributed by atoms with E-state index in [0.29, 0.717) is 11.6 Å². The van der Waals surface area contributed by atoms with Crippen LogP contribution in [0.2, 0.25) is 0 Å². The third kappa shape index (κ3) is 3.47. The summed E-state index contributed by atoms with van der Waals surface area (Å²) in [5.41, 5.74) is 0.607. The molecule has 0 radical (unpaired) electrons. The summed E-state index contributed by atoms with van der Waals surface area (Å²) in [4.78, 5) is 10.4. The first-order valence-corrected chi connectivity index (χ1v) is 5.30. The average Bonchev–Trinajstić information content (AvgIpc) is 2.29. The van der Waals surface area contributed by atoms with Crippen molar-refractivity contribution in [3.63, 3.8) is 0 Å². The van der Waals surface area contributed by atoms with E-state index in [9.17, 15) is 0 Å². The van der Waals surface area contributed by atoms with Crippen LogP contribution in [0.15, 0.2) is 12.4 Å². The molecule has 15 heavy (non-hydrogen) atoms. The average molecular weight is 209 g/mol. The van der Waals surface area contributed by atoms with E-state index in [-0.39, 0.29) is 6.61 Å². The van der Waals surface area contributed by atoms with Crippen LogP contribution >= 0.6 is 0 Å². The van der Waals surface area contributed by atoms with Crippen molar-refractivity contribution in [3.05, 3.63) is 18.1 Å². The van der Waals surface area contributed by atoms with Gasteiger partial charge in [0.1, 0.15) is 5.82 Å². The summed E-state index contributed by atoms with van der Waals surface area (Å²) in [6.07, 6.45) is 4.48. The molecule has 0 aromatic carbocycles. The Hall–Kier alpha value is -1.16. The van der Waals surface area contributed by atoms with Gasteiger partial charge in [-0.15, -0.1) is 0 Å². The first-order valence-electron chi connectivity index (χ1n) is 5.30. The predicted molar refractivity (Wildman–Crippen MR) is 60.7 cm³/mol. The molecule has 1 unspecified atom stereocenters. The lowest BCUT2D eigenvalue weighted by molar-refractivity contribution is 0.276. The molecule has 0 bridgehead atoms. The molecule has 0 aliphatic rings. The minimum Gasteiger partial charge on any atom is -0.390 e. The normalized spacial score (nSPS) is 12.5. The van der Waals surface area contributed by atoms with Crippen LogP contribution in [0.5, 0.6) is 0 Å². The van der Waals surface area contributed by atoms with E-state index in [2.05, 4.69) is 28.7 Å². The van der Waals surface area contributed by atoms with E-state index in [1.165, 1.54) is 0 Å². The summed E-state index contributed by atoms with van der Waals surface area (Å²) in [7, 11) is 2.01. The van der Waals surface area contributed by atoms with Gasteiger partial charge in [-0.2, -0.15) is 0 Å². The van der Waals surface area contributed by atoms with Crippen molar-refractivity contribution in [2.24, 2.45) is 5.92 Å². The van der Waals surface area contributed by atoms with Crippen molar-refractivity contribution in [3.8, 4) is 0 Å². The molecule has 0 aliphatic heterocycles. The van der Waals surface area contributed by atoms with Gasteiger partial charge in [0.15, 0.2) is 0 Å². The Kier molecular flexibility index (Phi) is 4.49. The number of nitrogens with zero attached hydrogens (tertiary/aromatic N) is 3. The molecule has 0 aliphatic carbocycles.